The first-order valence-electron chi connectivity index (χ1n) is 6.97. The Morgan fingerprint density at radius 3 is 2.90 bits per heavy atom. The van der Waals surface area contributed by atoms with Crippen LogP contribution in [0.1, 0.15) is 27.9 Å². The highest BCUT2D eigenvalue weighted by Crippen LogP contribution is 2.24. The molecule has 1 N–H and O–H groups in total. The van der Waals surface area contributed by atoms with Crippen molar-refractivity contribution < 1.29 is 9.18 Å². The molecule has 0 amide bonds. The molecule has 1 aliphatic rings. The smallest absolute Gasteiger partial charge is 0.167 e. The second kappa shape index (κ2) is 5.86. The van der Waals surface area contributed by atoms with Crippen LogP contribution in [0.25, 0.3) is 0 Å². The first-order chi connectivity index (χ1) is 10.1. The van der Waals surface area contributed by atoms with E-state index >= 15 is 0 Å². The van der Waals surface area contributed by atoms with Crippen molar-refractivity contribution in [2.24, 2.45) is 0 Å². The number of halogens is 2. The molecule has 2 aromatic carbocycles. The molecule has 0 spiro atoms. The Hall–Kier alpha value is -1.87. The van der Waals surface area contributed by atoms with Crippen molar-refractivity contribution >= 4 is 23.1 Å². The van der Waals surface area contributed by atoms with E-state index in [-0.39, 0.29) is 12.2 Å². The number of carbonyl (C=O) groups excluding carboxylic acids is 1. The SMILES string of the molecule is O=C(Cc1ccc(Cl)cc1F)c1ccc2c(c1)CCCN2. The molecule has 0 saturated carbocycles. The second-order valence-electron chi connectivity index (χ2n) is 5.24. The Morgan fingerprint density at radius 1 is 1.24 bits per heavy atom. The maximum atomic E-state index is 13.8. The zero-order chi connectivity index (χ0) is 14.8. The largest absolute Gasteiger partial charge is 0.385 e. The number of hydrogen-bond donors (Lipinski definition) is 1. The predicted octanol–water partition coefficient (Wildman–Crippen LogP) is 4.26. The van der Waals surface area contributed by atoms with E-state index < -0.39 is 5.82 Å². The minimum atomic E-state index is -0.435. The van der Waals surface area contributed by atoms with E-state index in [1.54, 1.807) is 18.2 Å². The third-order valence-electron chi connectivity index (χ3n) is 3.73. The molecule has 0 aliphatic carbocycles. The van der Waals surface area contributed by atoms with Gasteiger partial charge in [-0.05, 0) is 54.3 Å². The van der Waals surface area contributed by atoms with Gasteiger partial charge in [0.25, 0.3) is 0 Å². The van der Waals surface area contributed by atoms with Crippen molar-refractivity contribution in [2.45, 2.75) is 19.3 Å². The Labute approximate surface area is 127 Å². The summed E-state index contributed by atoms with van der Waals surface area (Å²) in [6.45, 7) is 0.969. The zero-order valence-electron chi connectivity index (χ0n) is 11.5. The van der Waals surface area contributed by atoms with Gasteiger partial charge in [-0.25, -0.2) is 4.39 Å². The summed E-state index contributed by atoms with van der Waals surface area (Å²) in [6.07, 6.45) is 2.09. The van der Waals surface area contributed by atoms with Crippen LogP contribution in [0.5, 0.6) is 0 Å². The molecule has 0 atom stereocenters. The van der Waals surface area contributed by atoms with Crippen LogP contribution in [0.2, 0.25) is 5.02 Å². The van der Waals surface area contributed by atoms with Gasteiger partial charge in [0.15, 0.2) is 5.78 Å². The molecule has 2 nitrogen and oxygen atoms in total. The average Bonchev–Trinajstić information content (AvgIpc) is 2.49. The van der Waals surface area contributed by atoms with Gasteiger partial charge in [0.2, 0.25) is 0 Å². The van der Waals surface area contributed by atoms with Crippen molar-refractivity contribution in [3.05, 3.63) is 63.9 Å². The Morgan fingerprint density at radius 2 is 2.10 bits per heavy atom. The van der Waals surface area contributed by atoms with Crippen molar-refractivity contribution in [3.63, 3.8) is 0 Å². The summed E-state index contributed by atoms with van der Waals surface area (Å²) in [6, 6.07) is 10.0. The molecule has 108 valence electrons. The van der Waals surface area contributed by atoms with Crippen molar-refractivity contribution in [3.8, 4) is 0 Å². The van der Waals surface area contributed by atoms with Crippen LogP contribution in [0.3, 0.4) is 0 Å². The van der Waals surface area contributed by atoms with Gasteiger partial charge in [0, 0.05) is 29.2 Å². The molecular formula is C17H15ClFNO. The fraction of sp³-hybridized carbons (Fsp3) is 0.235. The maximum Gasteiger partial charge on any atom is 0.167 e. The molecule has 0 aromatic heterocycles. The van der Waals surface area contributed by atoms with Gasteiger partial charge in [-0.3, -0.25) is 4.79 Å². The number of carbonyl (C=O) groups is 1. The lowest BCUT2D eigenvalue weighted by Gasteiger charge is -2.18. The van der Waals surface area contributed by atoms with Crippen LogP contribution in [0.4, 0.5) is 10.1 Å². The number of ketones is 1. The maximum absolute atomic E-state index is 13.8. The normalized spacial score (nSPS) is 13.4. The number of nitrogens with one attached hydrogen (secondary N) is 1. The first-order valence-corrected chi connectivity index (χ1v) is 7.35. The van der Waals surface area contributed by atoms with Crippen molar-refractivity contribution in [2.75, 3.05) is 11.9 Å². The van der Waals surface area contributed by atoms with Gasteiger partial charge in [0.05, 0.1) is 0 Å². The van der Waals surface area contributed by atoms with Gasteiger partial charge in [-0.1, -0.05) is 17.7 Å². The molecule has 1 heterocycles. The number of benzene rings is 2. The van der Waals surface area contributed by atoms with Crippen molar-refractivity contribution in [1.29, 1.82) is 0 Å². The van der Waals surface area contributed by atoms with Crippen LogP contribution < -0.4 is 5.32 Å². The molecule has 0 fully saturated rings. The predicted molar refractivity (Wildman–Crippen MR) is 82.7 cm³/mol. The average molecular weight is 304 g/mol. The van der Waals surface area contributed by atoms with Gasteiger partial charge in [-0.2, -0.15) is 0 Å². The number of fused-ring (bicyclic) bond motifs is 1. The Balaban J connectivity index is 1.82. The first kappa shape index (κ1) is 14.1. The number of rotatable bonds is 3. The molecule has 0 radical (unpaired) electrons. The van der Waals surface area contributed by atoms with Gasteiger partial charge in [0.1, 0.15) is 5.82 Å². The van der Waals surface area contributed by atoms with Crippen LogP contribution in [-0.2, 0) is 12.8 Å². The summed E-state index contributed by atoms with van der Waals surface area (Å²) < 4.78 is 13.8. The van der Waals surface area contributed by atoms with E-state index in [2.05, 4.69) is 5.32 Å². The lowest BCUT2D eigenvalue weighted by atomic mass is 9.96. The van der Waals surface area contributed by atoms with Crippen LogP contribution >= 0.6 is 11.6 Å². The highest BCUT2D eigenvalue weighted by Gasteiger charge is 2.14. The van der Waals surface area contributed by atoms with E-state index in [0.717, 1.165) is 30.6 Å². The Bertz CT molecular complexity index is 699. The summed E-state index contributed by atoms with van der Waals surface area (Å²) in [5, 5.41) is 3.64. The van der Waals surface area contributed by atoms with E-state index in [1.165, 1.54) is 6.07 Å². The molecule has 4 heteroatoms. The fourth-order valence-corrected chi connectivity index (χ4v) is 2.75. The molecule has 21 heavy (non-hydrogen) atoms. The minimum Gasteiger partial charge on any atom is -0.385 e. The quantitative estimate of drug-likeness (QED) is 0.858. The summed E-state index contributed by atoms with van der Waals surface area (Å²) in [5.41, 5.74) is 3.26. The summed E-state index contributed by atoms with van der Waals surface area (Å²) in [7, 11) is 0. The van der Waals surface area contributed by atoms with E-state index in [4.69, 9.17) is 11.6 Å². The molecule has 3 rings (SSSR count). The van der Waals surface area contributed by atoms with Crippen molar-refractivity contribution in [1.82, 2.24) is 0 Å². The second-order valence-corrected chi connectivity index (χ2v) is 5.67. The third kappa shape index (κ3) is 3.08. The summed E-state index contributed by atoms with van der Waals surface area (Å²) in [5.74, 6) is -0.514. The standard InChI is InChI=1S/C17H15ClFNO/c18-14-5-3-11(15(19)10-14)9-17(21)13-4-6-16-12(8-13)2-1-7-20-16/h3-6,8,10,20H,1-2,7,9H2. The highest BCUT2D eigenvalue weighted by molar-refractivity contribution is 6.30. The molecule has 1 aliphatic heterocycles. The van der Waals surface area contributed by atoms with Crippen LogP contribution in [0.15, 0.2) is 36.4 Å². The third-order valence-corrected chi connectivity index (χ3v) is 3.97. The minimum absolute atomic E-state index is 0.0508. The fourth-order valence-electron chi connectivity index (χ4n) is 2.59. The number of anilines is 1. The molecule has 0 bridgehead atoms. The van der Waals surface area contributed by atoms with Gasteiger partial charge in [-0.15, -0.1) is 0 Å². The van der Waals surface area contributed by atoms with Gasteiger partial charge >= 0.3 is 0 Å². The number of aryl methyl sites for hydroxylation is 1. The molecular weight excluding hydrogens is 289 g/mol. The topological polar surface area (TPSA) is 29.1 Å². The summed E-state index contributed by atoms with van der Waals surface area (Å²) >= 11 is 5.72. The lowest BCUT2D eigenvalue weighted by Crippen LogP contribution is -2.13. The summed E-state index contributed by atoms with van der Waals surface area (Å²) in [4.78, 5) is 12.3. The van der Waals surface area contributed by atoms with E-state index in [1.807, 2.05) is 12.1 Å². The molecule has 0 saturated heterocycles. The number of Topliss-reactive ketones (excluding diaryl/α,β-unsaturated/α-hetero) is 1. The van der Waals surface area contributed by atoms with E-state index in [0.29, 0.717) is 16.1 Å². The zero-order valence-corrected chi connectivity index (χ0v) is 12.2. The highest BCUT2D eigenvalue weighted by atomic mass is 35.5. The molecule has 2 aromatic rings. The lowest BCUT2D eigenvalue weighted by molar-refractivity contribution is 0.0991. The monoisotopic (exact) mass is 303 g/mol. The number of hydrogen-bond acceptors (Lipinski definition) is 2. The molecule has 0 unspecified atom stereocenters. The van der Waals surface area contributed by atoms with E-state index in [9.17, 15) is 9.18 Å². The van der Waals surface area contributed by atoms with Crippen LogP contribution in [0, 0.1) is 5.82 Å². The Kier molecular flexibility index (Phi) is 3.93. The van der Waals surface area contributed by atoms with Gasteiger partial charge < -0.3 is 5.32 Å². The van der Waals surface area contributed by atoms with Crippen LogP contribution in [-0.4, -0.2) is 12.3 Å².